The Bertz CT molecular complexity index is 656. The molecule has 1 saturated carbocycles. The van der Waals surface area contributed by atoms with Crippen molar-refractivity contribution in [2.75, 3.05) is 26.1 Å². The zero-order chi connectivity index (χ0) is 20.7. The molecule has 2 amide bonds. The normalized spacial score (nSPS) is 23.1. The van der Waals surface area contributed by atoms with Crippen LogP contribution >= 0.6 is 11.6 Å². The predicted octanol–water partition coefficient (Wildman–Crippen LogP) is 3.52. The first-order valence-electron chi connectivity index (χ1n) is 9.79. The van der Waals surface area contributed by atoms with Crippen molar-refractivity contribution >= 4 is 23.4 Å². The molecule has 1 fully saturated rings. The fourth-order valence-electron chi connectivity index (χ4n) is 3.83. The predicted molar refractivity (Wildman–Crippen MR) is 108 cm³/mol. The van der Waals surface area contributed by atoms with Crippen molar-refractivity contribution in [2.45, 2.75) is 45.2 Å². The maximum absolute atomic E-state index is 13.4. The molecule has 0 radical (unpaired) electrons. The van der Waals surface area contributed by atoms with Gasteiger partial charge in [-0.25, -0.2) is 4.39 Å². The van der Waals surface area contributed by atoms with Crippen LogP contribution in [0.25, 0.3) is 0 Å². The highest BCUT2D eigenvalue weighted by molar-refractivity contribution is 6.27. The highest BCUT2D eigenvalue weighted by atomic mass is 35.5. The van der Waals surface area contributed by atoms with Crippen molar-refractivity contribution in [1.29, 1.82) is 0 Å². The molecule has 7 heteroatoms. The van der Waals surface area contributed by atoms with Gasteiger partial charge in [-0.2, -0.15) is 0 Å². The number of amides is 2. The zero-order valence-corrected chi connectivity index (χ0v) is 17.5. The number of nitrogens with zero attached hydrogens (tertiary/aromatic N) is 1. The molecular formula is C21H30ClFN2O3. The van der Waals surface area contributed by atoms with Crippen molar-refractivity contribution in [3.05, 3.63) is 35.6 Å². The van der Waals surface area contributed by atoms with Gasteiger partial charge in [-0.1, -0.05) is 38.8 Å². The van der Waals surface area contributed by atoms with Gasteiger partial charge in [0.25, 0.3) is 0 Å². The Kier molecular flexibility index (Phi) is 8.70. The van der Waals surface area contributed by atoms with E-state index in [1.807, 2.05) is 0 Å². The molecule has 2 rings (SSSR count). The first-order valence-corrected chi connectivity index (χ1v) is 10.3. The summed E-state index contributed by atoms with van der Waals surface area (Å²) in [7, 11) is 1.53. The molecule has 4 atom stereocenters. The number of carbonyl (C=O) groups excluding carboxylic acids is 2. The van der Waals surface area contributed by atoms with Gasteiger partial charge in [-0.3, -0.25) is 9.59 Å². The van der Waals surface area contributed by atoms with Crippen LogP contribution in [0.4, 0.5) is 4.39 Å². The van der Waals surface area contributed by atoms with Crippen LogP contribution in [0.1, 0.15) is 44.7 Å². The third-order valence-corrected chi connectivity index (χ3v) is 5.98. The highest BCUT2D eigenvalue weighted by Gasteiger charge is 2.34. The quantitative estimate of drug-likeness (QED) is 0.664. The average Bonchev–Trinajstić information content (AvgIpc) is 2.69. The third kappa shape index (κ3) is 5.67. The Labute approximate surface area is 171 Å². The lowest BCUT2D eigenvalue weighted by atomic mass is 9.78. The van der Waals surface area contributed by atoms with Crippen molar-refractivity contribution in [2.24, 2.45) is 11.8 Å². The number of methoxy groups -OCH3 is 1. The summed E-state index contributed by atoms with van der Waals surface area (Å²) in [6.45, 7) is 4.83. The summed E-state index contributed by atoms with van der Waals surface area (Å²) in [5.74, 6) is -0.406. The lowest BCUT2D eigenvalue weighted by Crippen LogP contribution is -2.50. The number of nitrogens with one attached hydrogen (secondary N) is 1. The highest BCUT2D eigenvalue weighted by Crippen LogP contribution is 2.30. The third-order valence-electron chi connectivity index (χ3n) is 5.75. The topological polar surface area (TPSA) is 58.6 Å². The monoisotopic (exact) mass is 412 g/mol. The number of rotatable bonds is 8. The first kappa shape index (κ1) is 22.6. The molecule has 28 heavy (non-hydrogen) atoms. The van der Waals surface area contributed by atoms with E-state index in [-0.39, 0.29) is 36.9 Å². The van der Waals surface area contributed by atoms with E-state index < -0.39 is 11.9 Å². The summed E-state index contributed by atoms with van der Waals surface area (Å²) in [6.07, 6.45) is 3.13. The van der Waals surface area contributed by atoms with Gasteiger partial charge < -0.3 is 15.0 Å². The molecule has 0 aliphatic heterocycles. The maximum Gasteiger partial charge on any atom is 0.247 e. The second-order valence-electron chi connectivity index (χ2n) is 7.55. The SMILES string of the molecule is COCCN(C(=O)CCl)[C@H](C(=O)N[C@@H]1CCC[C@H](C)[C@@H]1C)c1ccc(F)cc1. The number of alkyl halides is 1. The number of benzene rings is 1. The van der Waals surface area contributed by atoms with E-state index >= 15 is 0 Å². The van der Waals surface area contributed by atoms with Crippen LogP contribution in [0.15, 0.2) is 24.3 Å². The van der Waals surface area contributed by atoms with E-state index in [9.17, 15) is 14.0 Å². The molecule has 156 valence electrons. The zero-order valence-electron chi connectivity index (χ0n) is 16.8. The van der Waals surface area contributed by atoms with Crippen molar-refractivity contribution in [3.8, 4) is 0 Å². The number of ether oxygens (including phenoxy) is 1. The van der Waals surface area contributed by atoms with Crippen LogP contribution < -0.4 is 5.32 Å². The van der Waals surface area contributed by atoms with Crippen LogP contribution in [0, 0.1) is 17.7 Å². The largest absolute Gasteiger partial charge is 0.383 e. The molecule has 1 aliphatic rings. The Morgan fingerprint density at radius 2 is 1.96 bits per heavy atom. The van der Waals surface area contributed by atoms with Gasteiger partial charge in [-0.15, -0.1) is 11.6 Å². The molecule has 0 spiro atoms. The summed E-state index contributed by atoms with van der Waals surface area (Å²) in [5, 5.41) is 3.14. The Morgan fingerprint density at radius 1 is 1.29 bits per heavy atom. The summed E-state index contributed by atoms with van der Waals surface area (Å²) in [4.78, 5) is 27.2. The van der Waals surface area contributed by atoms with Gasteiger partial charge in [0.05, 0.1) is 6.61 Å². The van der Waals surface area contributed by atoms with Crippen molar-refractivity contribution in [3.63, 3.8) is 0 Å². The van der Waals surface area contributed by atoms with Crippen LogP contribution in [0.3, 0.4) is 0 Å². The maximum atomic E-state index is 13.4. The molecule has 0 heterocycles. The molecule has 1 aliphatic carbocycles. The Morgan fingerprint density at radius 3 is 2.57 bits per heavy atom. The summed E-state index contributed by atoms with van der Waals surface area (Å²) in [5.41, 5.74) is 0.546. The van der Waals surface area contributed by atoms with Crippen molar-refractivity contribution in [1.82, 2.24) is 10.2 Å². The van der Waals surface area contributed by atoms with E-state index in [0.717, 1.165) is 19.3 Å². The van der Waals surface area contributed by atoms with Gasteiger partial charge in [0.2, 0.25) is 11.8 Å². The van der Waals surface area contributed by atoms with E-state index in [0.29, 0.717) is 17.4 Å². The second-order valence-corrected chi connectivity index (χ2v) is 7.82. The average molecular weight is 413 g/mol. The van der Waals surface area contributed by atoms with Crippen LogP contribution in [-0.4, -0.2) is 48.9 Å². The minimum Gasteiger partial charge on any atom is -0.383 e. The van der Waals surface area contributed by atoms with Crippen LogP contribution in [-0.2, 0) is 14.3 Å². The standard InChI is InChI=1S/C21H30ClFN2O3/c1-14-5-4-6-18(15(14)2)24-21(27)20(16-7-9-17(23)10-8-16)25(11-12-28-3)19(26)13-22/h7-10,14-15,18,20H,4-6,11-13H2,1-3H3,(H,24,27)/t14-,15-,18+,20-/m0/s1. The van der Waals surface area contributed by atoms with Gasteiger partial charge in [0.15, 0.2) is 0 Å². The minimum atomic E-state index is -0.883. The van der Waals surface area contributed by atoms with Crippen LogP contribution in [0.5, 0.6) is 0 Å². The van der Waals surface area contributed by atoms with Gasteiger partial charge in [0, 0.05) is 19.7 Å². The Hall–Kier alpha value is -1.66. The molecule has 5 nitrogen and oxygen atoms in total. The number of halogens is 2. The molecule has 0 bridgehead atoms. The Balaban J connectivity index is 2.31. The molecular weight excluding hydrogens is 383 g/mol. The van der Waals surface area contributed by atoms with Gasteiger partial charge in [-0.05, 0) is 36.0 Å². The molecule has 1 N–H and O–H groups in total. The molecule has 1 aromatic rings. The summed E-state index contributed by atoms with van der Waals surface area (Å²) in [6, 6.07) is 4.82. The van der Waals surface area contributed by atoms with E-state index in [2.05, 4.69) is 19.2 Å². The molecule has 0 aromatic heterocycles. The molecule has 0 saturated heterocycles. The van der Waals surface area contributed by atoms with Gasteiger partial charge >= 0.3 is 0 Å². The lowest BCUT2D eigenvalue weighted by Gasteiger charge is -2.37. The van der Waals surface area contributed by atoms with Gasteiger partial charge in [0.1, 0.15) is 17.7 Å². The summed E-state index contributed by atoms with van der Waals surface area (Å²) < 4.78 is 18.5. The fourth-order valence-corrected chi connectivity index (χ4v) is 3.98. The summed E-state index contributed by atoms with van der Waals surface area (Å²) >= 11 is 5.80. The lowest BCUT2D eigenvalue weighted by molar-refractivity contribution is -0.140. The van der Waals surface area contributed by atoms with Crippen LogP contribution in [0.2, 0.25) is 0 Å². The number of hydrogen-bond acceptors (Lipinski definition) is 3. The van der Waals surface area contributed by atoms with E-state index in [4.69, 9.17) is 16.3 Å². The van der Waals surface area contributed by atoms with Crippen molar-refractivity contribution < 1.29 is 18.7 Å². The second kappa shape index (κ2) is 10.8. The molecule has 1 aromatic carbocycles. The minimum absolute atomic E-state index is 0.0505. The number of hydrogen-bond donors (Lipinski definition) is 1. The van der Waals surface area contributed by atoms with E-state index in [1.165, 1.54) is 36.3 Å². The molecule has 0 unspecified atom stereocenters. The van der Waals surface area contributed by atoms with E-state index in [1.54, 1.807) is 0 Å². The number of carbonyl (C=O) groups is 2. The smallest absolute Gasteiger partial charge is 0.247 e. The first-order chi connectivity index (χ1) is 13.4. The fraction of sp³-hybridized carbons (Fsp3) is 0.619.